The monoisotopic (exact) mass is 331 g/mol. The Hall–Kier alpha value is -1.06. The summed E-state index contributed by atoms with van der Waals surface area (Å²) in [6.07, 6.45) is 5.37. The normalized spacial score (nSPS) is 20.5. The van der Waals surface area contributed by atoms with E-state index in [0.29, 0.717) is 0 Å². The van der Waals surface area contributed by atoms with E-state index in [-0.39, 0.29) is 0 Å². The molecule has 2 fully saturated rings. The average molecular weight is 332 g/mol. The SMILES string of the molecule is CCC.CN1CCN(CCC2CCN(c3ccccc3)CC2)CC1. The van der Waals surface area contributed by atoms with Crippen molar-refractivity contribution in [3.63, 3.8) is 0 Å². The van der Waals surface area contributed by atoms with Crippen LogP contribution >= 0.6 is 0 Å². The molecular weight excluding hydrogens is 294 g/mol. The van der Waals surface area contributed by atoms with Crippen molar-refractivity contribution in [3.05, 3.63) is 30.3 Å². The van der Waals surface area contributed by atoms with E-state index < -0.39 is 0 Å². The van der Waals surface area contributed by atoms with Crippen molar-refractivity contribution in [1.29, 1.82) is 0 Å². The molecule has 0 spiro atoms. The second-order valence-corrected chi connectivity index (χ2v) is 7.41. The van der Waals surface area contributed by atoms with Crippen LogP contribution in [0.15, 0.2) is 30.3 Å². The fourth-order valence-corrected chi connectivity index (χ4v) is 3.56. The maximum atomic E-state index is 2.66. The Morgan fingerprint density at radius 2 is 1.46 bits per heavy atom. The third-order valence-corrected chi connectivity index (χ3v) is 5.19. The van der Waals surface area contributed by atoms with Gasteiger partial charge in [-0.1, -0.05) is 38.5 Å². The molecular formula is C21H37N3. The Kier molecular flexibility index (Phi) is 8.62. The molecule has 2 heterocycles. The number of rotatable bonds is 4. The summed E-state index contributed by atoms with van der Waals surface area (Å²) in [6.45, 7) is 13.0. The molecule has 1 aromatic rings. The Balaban J connectivity index is 0.000000647. The summed E-state index contributed by atoms with van der Waals surface area (Å²) < 4.78 is 0. The molecule has 1 aromatic carbocycles. The van der Waals surface area contributed by atoms with Crippen LogP contribution in [0.3, 0.4) is 0 Å². The number of piperidine rings is 1. The van der Waals surface area contributed by atoms with Gasteiger partial charge in [-0.3, -0.25) is 0 Å². The maximum absolute atomic E-state index is 2.66. The van der Waals surface area contributed by atoms with Crippen LogP contribution in [0.25, 0.3) is 0 Å². The average Bonchev–Trinajstić information content (AvgIpc) is 2.63. The number of nitrogens with zero attached hydrogens (tertiary/aromatic N) is 3. The van der Waals surface area contributed by atoms with E-state index in [4.69, 9.17) is 0 Å². The van der Waals surface area contributed by atoms with Gasteiger partial charge in [-0.2, -0.15) is 0 Å². The summed E-state index contributed by atoms with van der Waals surface area (Å²) in [7, 11) is 2.23. The number of likely N-dealkylation sites (N-methyl/N-ethyl adjacent to an activating group) is 1. The van der Waals surface area contributed by atoms with Gasteiger partial charge in [-0.15, -0.1) is 0 Å². The zero-order valence-corrected chi connectivity index (χ0v) is 16.1. The Labute approximate surface area is 149 Å². The van der Waals surface area contributed by atoms with Crippen molar-refractivity contribution in [3.8, 4) is 0 Å². The van der Waals surface area contributed by atoms with Crippen molar-refractivity contribution in [2.24, 2.45) is 5.92 Å². The van der Waals surface area contributed by atoms with Gasteiger partial charge in [-0.05, 0) is 50.9 Å². The van der Waals surface area contributed by atoms with Crippen molar-refractivity contribution in [2.75, 3.05) is 57.8 Å². The molecule has 24 heavy (non-hydrogen) atoms. The maximum Gasteiger partial charge on any atom is 0.0366 e. The Morgan fingerprint density at radius 3 is 2.04 bits per heavy atom. The predicted molar refractivity (Wildman–Crippen MR) is 106 cm³/mol. The van der Waals surface area contributed by atoms with Gasteiger partial charge in [0.2, 0.25) is 0 Å². The second-order valence-electron chi connectivity index (χ2n) is 7.41. The van der Waals surface area contributed by atoms with Gasteiger partial charge in [0.15, 0.2) is 0 Å². The van der Waals surface area contributed by atoms with Crippen molar-refractivity contribution in [1.82, 2.24) is 9.80 Å². The van der Waals surface area contributed by atoms with Crippen LogP contribution < -0.4 is 4.90 Å². The predicted octanol–water partition coefficient (Wildman–Crippen LogP) is 3.96. The standard InChI is InChI=1S/C18H29N3.C3H8/c1-19-13-15-20(16-14-19)10-7-17-8-11-21(12-9-17)18-5-3-2-4-6-18;1-3-2/h2-6,17H,7-16H2,1H3;3H2,1-2H3. The highest BCUT2D eigenvalue weighted by Gasteiger charge is 2.21. The van der Waals surface area contributed by atoms with E-state index >= 15 is 0 Å². The van der Waals surface area contributed by atoms with Crippen LogP contribution in [-0.4, -0.2) is 62.7 Å². The van der Waals surface area contributed by atoms with Crippen LogP contribution in [0.5, 0.6) is 0 Å². The smallest absolute Gasteiger partial charge is 0.0366 e. The second kappa shape index (κ2) is 10.7. The molecule has 2 aliphatic rings. The molecule has 0 saturated carbocycles. The minimum absolute atomic E-state index is 0.935. The summed E-state index contributed by atoms with van der Waals surface area (Å²) in [5.74, 6) is 0.935. The molecule has 3 rings (SSSR count). The van der Waals surface area contributed by atoms with Gasteiger partial charge in [0, 0.05) is 45.0 Å². The zero-order valence-electron chi connectivity index (χ0n) is 16.1. The van der Waals surface area contributed by atoms with Crippen molar-refractivity contribution >= 4 is 5.69 Å². The van der Waals surface area contributed by atoms with Crippen molar-refractivity contribution < 1.29 is 0 Å². The van der Waals surface area contributed by atoms with Crippen LogP contribution in [0.4, 0.5) is 5.69 Å². The first-order chi connectivity index (χ1) is 11.7. The van der Waals surface area contributed by atoms with Gasteiger partial charge in [0.25, 0.3) is 0 Å². The minimum Gasteiger partial charge on any atom is -0.372 e. The number of hydrogen-bond acceptors (Lipinski definition) is 3. The fourth-order valence-electron chi connectivity index (χ4n) is 3.56. The fraction of sp³-hybridized carbons (Fsp3) is 0.714. The zero-order chi connectivity index (χ0) is 17.2. The van der Waals surface area contributed by atoms with Gasteiger partial charge in [0.05, 0.1) is 0 Å². The van der Waals surface area contributed by atoms with Gasteiger partial charge in [-0.25, -0.2) is 0 Å². The molecule has 2 aliphatic heterocycles. The molecule has 0 N–H and O–H groups in total. The number of para-hydroxylation sites is 1. The quantitative estimate of drug-likeness (QED) is 0.827. The highest BCUT2D eigenvalue weighted by atomic mass is 15.2. The molecule has 0 amide bonds. The third-order valence-electron chi connectivity index (χ3n) is 5.19. The molecule has 0 aromatic heterocycles. The van der Waals surface area contributed by atoms with Crippen LogP contribution in [0.2, 0.25) is 0 Å². The molecule has 2 saturated heterocycles. The van der Waals surface area contributed by atoms with Crippen LogP contribution in [0.1, 0.15) is 39.5 Å². The number of anilines is 1. The molecule has 0 bridgehead atoms. The lowest BCUT2D eigenvalue weighted by Gasteiger charge is -2.36. The van der Waals surface area contributed by atoms with Crippen LogP contribution in [-0.2, 0) is 0 Å². The Morgan fingerprint density at radius 1 is 0.875 bits per heavy atom. The van der Waals surface area contributed by atoms with Gasteiger partial charge < -0.3 is 14.7 Å². The summed E-state index contributed by atoms with van der Waals surface area (Å²) in [5.41, 5.74) is 1.40. The largest absolute Gasteiger partial charge is 0.372 e. The highest BCUT2D eigenvalue weighted by Crippen LogP contribution is 2.25. The first-order valence-electron chi connectivity index (χ1n) is 9.93. The molecule has 136 valence electrons. The van der Waals surface area contributed by atoms with E-state index in [1.54, 1.807) is 0 Å². The van der Waals surface area contributed by atoms with Crippen LogP contribution in [0, 0.1) is 5.92 Å². The summed E-state index contributed by atoms with van der Waals surface area (Å²) in [5, 5.41) is 0. The number of hydrogen-bond donors (Lipinski definition) is 0. The van der Waals surface area contributed by atoms with E-state index in [0.717, 1.165) is 5.92 Å². The first-order valence-corrected chi connectivity index (χ1v) is 9.93. The lowest BCUT2D eigenvalue weighted by Crippen LogP contribution is -2.45. The van der Waals surface area contributed by atoms with E-state index in [2.05, 4.69) is 65.9 Å². The lowest BCUT2D eigenvalue weighted by atomic mass is 9.93. The molecule has 0 radical (unpaired) electrons. The molecule has 0 unspecified atom stereocenters. The third kappa shape index (κ3) is 6.45. The number of piperazine rings is 1. The molecule has 0 atom stereocenters. The van der Waals surface area contributed by atoms with Gasteiger partial charge in [0.1, 0.15) is 0 Å². The summed E-state index contributed by atoms with van der Waals surface area (Å²) in [4.78, 5) is 7.64. The first kappa shape index (κ1) is 19.3. The molecule has 3 heteroatoms. The minimum atomic E-state index is 0.935. The topological polar surface area (TPSA) is 9.72 Å². The molecule has 0 aliphatic carbocycles. The summed E-state index contributed by atoms with van der Waals surface area (Å²) in [6, 6.07) is 10.9. The van der Waals surface area contributed by atoms with Gasteiger partial charge >= 0.3 is 0 Å². The van der Waals surface area contributed by atoms with E-state index in [9.17, 15) is 0 Å². The lowest BCUT2D eigenvalue weighted by molar-refractivity contribution is 0.144. The molecule has 3 nitrogen and oxygen atoms in total. The Bertz CT molecular complexity index is 418. The van der Waals surface area contributed by atoms with E-state index in [1.165, 1.54) is 77.2 Å². The highest BCUT2D eigenvalue weighted by molar-refractivity contribution is 5.46. The summed E-state index contributed by atoms with van der Waals surface area (Å²) >= 11 is 0. The number of benzene rings is 1. The van der Waals surface area contributed by atoms with E-state index in [1.807, 2.05) is 0 Å². The van der Waals surface area contributed by atoms with Crippen molar-refractivity contribution in [2.45, 2.75) is 39.5 Å².